The summed E-state index contributed by atoms with van der Waals surface area (Å²) in [5, 5.41) is 1.28. The first kappa shape index (κ1) is 23.1. The molecule has 0 saturated carbocycles. The second-order valence-corrected chi connectivity index (χ2v) is 8.69. The Labute approximate surface area is 168 Å². The number of carbonyl (C=O) groups is 1. The number of benzene rings is 1. The third-order valence-corrected chi connectivity index (χ3v) is 6.36. The summed E-state index contributed by atoms with van der Waals surface area (Å²) in [6, 6.07) is 2.63. The zero-order valence-corrected chi connectivity index (χ0v) is 16.7. The van der Waals surface area contributed by atoms with Crippen molar-refractivity contribution in [1.29, 1.82) is 0 Å². The number of nitrogens with zero attached hydrogens (tertiary/aromatic N) is 1. The summed E-state index contributed by atoms with van der Waals surface area (Å²) in [5.74, 6) is -6.44. The second-order valence-electron chi connectivity index (χ2n) is 6.28. The molecular formula is C17H16ClF5N2O3S. The maximum absolute atomic E-state index is 13.9. The van der Waals surface area contributed by atoms with E-state index in [1.165, 1.54) is 14.0 Å². The minimum absolute atomic E-state index is 0.261. The highest BCUT2D eigenvalue weighted by Gasteiger charge is 2.41. The van der Waals surface area contributed by atoms with Crippen molar-refractivity contribution in [3.05, 3.63) is 46.7 Å². The van der Waals surface area contributed by atoms with Crippen LogP contribution in [0.4, 0.5) is 27.6 Å². The van der Waals surface area contributed by atoms with Crippen LogP contribution in [0.15, 0.2) is 29.3 Å². The Hall–Kier alpha value is -2.14. The van der Waals surface area contributed by atoms with Gasteiger partial charge in [0.25, 0.3) is 5.91 Å². The first-order chi connectivity index (χ1) is 13.3. The number of amides is 1. The van der Waals surface area contributed by atoms with Crippen LogP contribution in [0.25, 0.3) is 0 Å². The molecule has 160 valence electrons. The first-order valence-electron chi connectivity index (χ1n) is 8.18. The molecule has 0 unspecified atom stereocenters. The molecule has 1 aromatic heterocycles. The van der Waals surface area contributed by atoms with Gasteiger partial charge in [0, 0.05) is 13.2 Å². The van der Waals surface area contributed by atoms with E-state index in [1.807, 2.05) is 0 Å². The van der Waals surface area contributed by atoms with Crippen LogP contribution in [0.1, 0.15) is 23.8 Å². The molecule has 0 saturated heterocycles. The Morgan fingerprint density at radius 1 is 1.28 bits per heavy atom. The van der Waals surface area contributed by atoms with Crippen molar-refractivity contribution in [3.63, 3.8) is 0 Å². The lowest BCUT2D eigenvalue weighted by Crippen LogP contribution is -2.29. The Morgan fingerprint density at radius 3 is 2.45 bits per heavy atom. The van der Waals surface area contributed by atoms with Gasteiger partial charge in [0.05, 0.1) is 22.3 Å². The molecule has 1 N–H and O–H groups in total. The van der Waals surface area contributed by atoms with Crippen LogP contribution in [0.5, 0.6) is 0 Å². The quantitative estimate of drug-likeness (QED) is 0.509. The zero-order valence-electron chi connectivity index (χ0n) is 15.1. The predicted octanol–water partition coefficient (Wildman–Crippen LogP) is 4.57. The summed E-state index contributed by atoms with van der Waals surface area (Å²) < 4.78 is 91.7. The Bertz CT molecular complexity index is 1030. The molecule has 29 heavy (non-hydrogen) atoms. The molecule has 1 atom stereocenters. The van der Waals surface area contributed by atoms with E-state index in [0.717, 1.165) is 29.0 Å². The van der Waals surface area contributed by atoms with Crippen LogP contribution >= 0.6 is 11.6 Å². The van der Waals surface area contributed by atoms with Gasteiger partial charge in [0.1, 0.15) is 16.5 Å². The molecule has 12 heteroatoms. The summed E-state index contributed by atoms with van der Waals surface area (Å²) >= 11 is 5.43. The fourth-order valence-electron chi connectivity index (χ4n) is 2.54. The molecule has 5 nitrogen and oxygen atoms in total. The molecule has 0 aliphatic heterocycles. The van der Waals surface area contributed by atoms with Crippen LogP contribution < -0.4 is 5.32 Å². The third-order valence-electron chi connectivity index (χ3n) is 4.23. The van der Waals surface area contributed by atoms with Gasteiger partial charge in [-0.05, 0) is 24.6 Å². The van der Waals surface area contributed by atoms with Crippen molar-refractivity contribution in [2.24, 2.45) is 13.0 Å². The molecule has 0 aliphatic carbocycles. The first-order valence-corrected chi connectivity index (χ1v) is 10.2. The van der Waals surface area contributed by atoms with Crippen LogP contribution in [-0.2, 0) is 16.9 Å². The van der Waals surface area contributed by atoms with Crippen molar-refractivity contribution in [3.8, 4) is 0 Å². The highest BCUT2D eigenvalue weighted by molar-refractivity contribution is 7.91. The van der Waals surface area contributed by atoms with Crippen LogP contribution in [0, 0.1) is 17.6 Å². The van der Waals surface area contributed by atoms with Gasteiger partial charge in [-0.1, -0.05) is 18.5 Å². The number of carbonyl (C=O) groups excluding carboxylic acids is 1. The Balaban J connectivity index is 2.30. The zero-order chi connectivity index (χ0) is 22.1. The van der Waals surface area contributed by atoms with Crippen LogP contribution in [0.2, 0.25) is 5.02 Å². The minimum atomic E-state index is -4.68. The van der Waals surface area contributed by atoms with Gasteiger partial charge in [-0.3, -0.25) is 4.79 Å². The second kappa shape index (κ2) is 8.31. The van der Waals surface area contributed by atoms with Crippen molar-refractivity contribution >= 4 is 33.0 Å². The largest absolute Gasteiger partial charge is 0.392 e. The van der Waals surface area contributed by atoms with Gasteiger partial charge in [-0.15, -0.1) is 0 Å². The highest BCUT2D eigenvalue weighted by atomic mass is 35.5. The molecule has 0 bridgehead atoms. The number of sulfone groups is 1. The number of rotatable bonds is 6. The van der Waals surface area contributed by atoms with Gasteiger partial charge in [0.2, 0.25) is 0 Å². The van der Waals surface area contributed by atoms with E-state index in [4.69, 9.17) is 11.6 Å². The maximum Gasteiger partial charge on any atom is 0.392 e. The summed E-state index contributed by atoms with van der Waals surface area (Å²) in [6.07, 6.45) is -4.12. The van der Waals surface area contributed by atoms with Crippen molar-refractivity contribution in [1.82, 2.24) is 4.57 Å². The Kier molecular flexibility index (Phi) is 6.63. The van der Waals surface area contributed by atoms with Crippen molar-refractivity contribution in [2.45, 2.75) is 24.4 Å². The van der Waals surface area contributed by atoms with Gasteiger partial charge in [0.15, 0.2) is 15.7 Å². The van der Waals surface area contributed by atoms with E-state index in [-0.39, 0.29) is 5.69 Å². The molecule has 1 aromatic carbocycles. The molecule has 2 aromatic rings. The Morgan fingerprint density at radius 2 is 1.90 bits per heavy atom. The maximum atomic E-state index is 13.9. The fourth-order valence-corrected chi connectivity index (χ4v) is 4.47. The molecule has 2 rings (SSSR count). The normalized spacial score (nSPS) is 13.4. The number of halogens is 6. The number of hydrogen-bond acceptors (Lipinski definition) is 3. The minimum Gasteiger partial charge on any atom is -0.345 e. The van der Waals surface area contributed by atoms with Gasteiger partial charge in [-0.2, -0.15) is 13.2 Å². The lowest BCUT2D eigenvalue weighted by molar-refractivity contribution is -0.168. The van der Waals surface area contributed by atoms with E-state index >= 15 is 0 Å². The smallest absolute Gasteiger partial charge is 0.345 e. The van der Waals surface area contributed by atoms with E-state index in [2.05, 4.69) is 5.32 Å². The highest BCUT2D eigenvalue weighted by Crippen LogP contribution is 2.32. The number of alkyl halides is 3. The molecular weight excluding hydrogens is 443 g/mol. The molecule has 0 radical (unpaired) electrons. The molecule has 0 spiro atoms. The van der Waals surface area contributed by atoms with E-state index in [0.29, 0.717) is 0 Å². The van der Waals surface area contributed by atoms with E-state index < -0.39 is 67.3 Å². The van der Waals surface area contributed by atoms with Crippen molar-refractivity contribution in [2.75, 3.05) is 11.1 Å². The van der Waals surface area contributed by atoms with E-state index in [9.17, 15) is 35.2 Å². The monoisotopic (exact) mass is 458 g/mol. The molecule has 0 aliphatic rings. The fraction of sp³-hybridized carbons (Fsp3) is 0.353. The number of anilines is 1. The predicted molar refractivity (Wildman–Crippen MR) is 96.6 cm³/mol. The van der Waals surface area contributed by atoms with Gasteiger partial charge in [-0.25, -0.2) is 17.2 Å². The summed E-state index contributed by atoms with van der Waals surface area (Å²) in [5.41, 5.74) is -0.710. The number of nitrogens with one attached hydrogen (secondary N) is 1. The van der Waals surface area contributed by atoms with Crippen molar-refractivity contribution < 1.29 is 35.2 Å². The van der Waals surface area contributed by atoms with Gasteiger partial charge < -0.3 is 9.88 Å². The number of hydrogen-bond donors (Lipinski definition) is 1. The average Bonchev–Trinajstić information content (AvgIpc) is 3.02. The topological polar surface area (TPSA) is 68.2 Å². The molecule has 1 heterocycles. The molecule has 1 amide bonds. The standard InChI is InChI=1S/C17H16ClF5N2O3S/c1-3-9(17(21,22)23)8-29(27,28)10-6-13(25(2)7-10)16(26)24-12-5-4-11(19)14(18)15(12)20/h4-7,9H,3,8H2,1-2H3,(H,24,26)/t9-/m1/s1. The number of aromatic nitrogens is 1. The van der Waals surface area contributed by atoms with E-state index in [1.54, 1.807) is 0 Å². The van der Waals surface area contributed by atoms with Crippen LogP contribution in [-0.4, -0.2) is 30.8 Å². The summed E-state index contributed by atoms with van der Waals surface area (Å²) in [4.78, 5) is 11.9. The SMILES string of the molecule is CC[C@H](CS(=O)(=O)c1cc(C(=O)Nc2ccc(F)c(Cl)c2F)n(C)c1)C(F)(F)F. The average molecular weight is 459 g/mol. The lowest BCUT2D eigenvalue weighted by atomic mass is 10.1. The summed E-state index contributed by atoms with van der Waals surface area (Å²) in [6.45, 7) is 1.22. The summed E-state index contributed by atoms with van der Waals surface area (Å²) in [7, 11) is -3.05. The third kappa shape index (κ3) is 5.08. The van der Waals surface area contributed by atoms with Crippen LogP contribution in [0.3, 0.4) is 0 Å². The lowest BCUT2D eigenvalue weighted by Gasteiger charge is -2.17. The number of aryl methyl sites for hydroxylation is 1. The molecule has 0 fully saturated rings. The van der Waals surface area contributed by atoms with Gasteiger partial charge >= 0.3 is 6.18 Å².